The third kappa shape index (κ3) is 6.45. The standard InChI is InChI=1S/C17H18F3N3O.HI/c1-2-11-6-8-12(9-7-11)23-17(21)22-10-13-14(18)4-3-5-15(13)24-16(19)20;/h3-9,16H,2,10H2,1H3,(H3,21,22,23);1H. The quantitative estimate of drug-likeness (QED) is 0.375. The molecule has 136 valence electrons. The number of ether oxygens (including phenoxy) is 1. The number of benzene rings is 2. The molecule has 0 aliphatic heterocycles. The summed E-state index contributed by atoms with van der Waals surface area (Å²) in [5.41, 5.74) is 7.58. The zero-order chi connectivity index (χ0) is 17.5. The summed E-state index contributed by atoms with van der Waals surface area (Å²) in [4.78, 5) is 3.98. The van der Waals surface area contributed by atoms with Crippen molar-refractivity contribution in [3.05, 3.63) is 59.4 Å². The highest BCUT2D eigenvalue weighted by molar-refractivity contribution is 14.0. The van der Waals surface area contributed by atoms with Gasteiger partial charge in [0.2, 0.25) is 0 Å². The highest BCUT2D eigenvalue weighted by Crippen LogP contribution is 2.24. The van der Waals surface area contributed by atoms with E-state index in [0.29, 0.717) is 0 Å². The molecule has 0 unspecified atom stereocenters. The topological polar surface area (TPSA) is 59.6 Å². The maximum absolute atomic E-state index is 13.8. The van der Waals surface area contributed by atoms with Crippen molar-refractivity contribution in [3.8, 4) is 5.75 Å². The van der Waals surface area contributed by atoms with E-state index in [1.807, 2.05) is 31.2 Å². The van der Waals surface area contributed by atoms with Crippen molar-refractivity contribution in [1.29, 1.82) is 0 Å². The summed E-state index contributed by atoms with van der Waals surface area (Å²) in [6.45, 7) is -1.21. The van der Waals surface area contributed by atoms with Gasteiger partial charge in [0.25, 0.3) is 0 Å². The molecule has 0 radical (unpaired) electrons. The second-order valence-electron chi connectivity index (χ2n) is 4.97. The molecule has 0 bridgehead atoms. The summed E-state index contributed by atoms with van der Waals surface area (Å²) in [6, 6.07) is 11.3. The average molecular weight is 465 g/mol. The lowest BCUT2D eigenvalue weighted by molar-refractivity contribution is -0.0506. The van der Waals surface area contributed by atoms with Crippen LogP contribution in [0.4, 0.5) is 18.9 Å². The van der Waals surface area contributed by atoms with E-state index in [9.17, 15) is 13.2 Å². The van der Waals surface area contributed by atoms with Crippen LogP contribution in [0.2, 0.25) is 0 Å². The van der Waals surface area contributed by atoms with Gasteiger partial charge in [0.15, 0.2) is 5.96 Å². The molecule has 25 heavy (non-hydrogen) atoms. The number of halogens is 4. The first kappa shape index (κ1) is 21.1. The lowest BCUT2D eigenvalue weighted by atomic mass is 10.1. The van der Waals surface area contributed by atoms with Crippen molar-refractivity contribution in [3.63, 3.8) is 0 Å². The molecular formula is C17H19F3IN3O. The normalized spacial score (nSPS) is 11.2. The Balaban J connectivity index is 0.00000312. The maximum atomic E-state index is 13.8. The number of anilines is 1. The highest BCUT2D eigenvalue weighted by atomic mass is 127. The summed E-state index contributed by atoms with van der Waals surface area (Å²) in [5, 5.41) is 2.86. The van der Waals surface area contributed by atoms with Crippen LogP contribution in [0.5, 0.6) is 5.75 Å². The molecule has 2 aromatic carbocycles. The lowest BCUT2D eigenvalue weighted by Crippen LogP contribution is -2.22. The van der Waals surface area contributed by atoms with Crippen LogP contribution < -0.4 is 15.8 Å². The Labute approximate surface area is 161 Å². The molecular weight excluding hydrogens is 446 g/mol. The van der Waals surface area contributed by atoms with Gasteiger partial charge in [-0.2, -0.15) is 8.78 Å². The van der Waals surface area contributed by atoms with Crippen molar-refractivity contribution in [2.75, 3.05) is 5.32 Å². The van der Waals surface area contributed by atoms with Gasteiger partial charge in [-0.1, -0.05) is 25.1 Å². The van der Waals surface area contributed by atoms with E-state index in [1.165, 1.54) is 17.7 Å². The van der Waals surface area contributed by atoms with Crippen molar-refractivity contribution >= 4 is 35.6 Å². The number of aliphatic imine (C=N–C) groups is 1. The van der Waals surface area contributed by atoms with Crippen molar-refractivity contribution in [2.45, 2.75) is 26.5 Å². The van der Waals surface area contributed by atoms with E-state index < -0.39 is 12.4 Å². The number of hydrogen-bond acceptors (Lipinski definition) is 2. The molecule has 0 amide bonds. The largest absolute Gasteiger partial charge is 0.434 e. The van der Waals surface area contributed by atoms with Gasteiger partial charge < -0.3 is 15.8 Å². The van der Waals surface area contributed by atoms with Crippen molar-refractivity contribution in [1.82, 2.24) is 0 Å². The predicted octanol–water partition coefficient (Wildman–Crippen LogP) is 4.53. The first-order chi connectivity index (χ1) is 11.5. The molecule has 4 nitrogen and oxygen atoms in total. The number of rotatable bonds is 6. The van der Waals surface area contributed by atoms with Gasteiger partial charge in [-0.05, 0) is 36.2 Å². The predicted molar refractivity (Wildman–Crippen MR) is 103 cm³/mol. The first-order valence-corrected chi connectivity index (χ1v) is 7.37. The number of hydrogen-bond donors (Lipinski definition) is 2. The monoisotopic (exact) mass is 465 g/mol. The second-order valence-corrected chi connectivity index (χ2v) is 4.97. The van der Waals surface area contributed by atoms with E-state index >= 15 is 0 Å². The minimum atomic E-state index is -3.04. The molecule has 8 heteroatoms. The minimum Gasteiger partial charge on any atom is -0.434 e. The van der Waals surface area contributed by atoms with Crippen molar-refractivity contribution < 1.29 is 17.9 Å². The Kier molecular flexibility index (Phi) is 8.53. The van der Waals surface area contributed by atoms with Crippen LogP contribution in [0.15, 0.2) is 47.5 Å². The fourth-order valence-electron chi connectivity index (χ4n) is 2.07. The Hall–Kier alpha value is -1.97. The van der Waals surface area contributed by atoms with E-state index in [0.717, 1.165) is 18.2 Å². The van der Waals surface area contributed by atoms with Crippen LogP contribution in [0.25, 0.3) is 0 Å². The molecule has 2 aromatic rings. The number of nitrogens with zero attached hydrogens (tertiary/aromatic N) is 1. The summed E-state index contributed by atoms with van der Waals surface area (Å²) >= 11 is 0. The number of nitrogens with one attached hydrogen (secondary N) is 1. The SMILES string of the molecule is CCc1ccc(NC(N)=NCc2c(F)cccc2OC(F)F)cc1.I. The van der Waals surface area contributed by atoms with Crippen LogP contribution in [0, 0.1) is 5.82 Å². The third-order valence-corrected chi connectivity index (χ3v) is 3.33. The molecule has 0 heterocycles. The molecule has 2 rings (SSSR count). The Morgan fingerprint density at radius 2 is 1.88 bits per heavy atom. The van der Waals surface area contributed by atoms with Crippen LogP contribution in [0.1, 0.15) is 18.1 Å². The van der Waals surface area contributed by atoms with E-state index in [1.54, 1.807) is 0 Å². The van der Waals surface area contributed by atoms with Gasteiger partial charge in [0, 0.05) is 5.69 Å². The molecule has 3 N–H and O–H groups in total. The number of nitrogens with two attached hydrogens (primary N) is 1. The molecule has 0 spiro atoms. The fraction of sp³-hybridized carbons (Fsp3) is 0.235. The molecule has 0 atom stereocenters. The molecule has 0 aromatic heterocycles. The van der Waals surface area contributed by atoms with Gasteiger partial charge in [-0.15, -0.1) is 24.0 Å². The zero-order valence-corrected chi connectivity index (χ0v) is 15.8. The van der Waals surface area contributed by atoms with E-state index in [2.05, 4.69) is 15.0 Å². The molecule has 0 fully saturated rings. The summed E-state index contributed by atoms with van der Waals surface area (Å²) in [7, 11) is 0. The maximum Gasteiger partial charge on any atom is 0.387 e. The van der Waals surface area contributed by atoms with Gasteiger partial charge in [-0.25, -0.2) is 9.38 Å². The molecule has 0 aliphatic carbocycles. The smallest absolute Gasteiger partial charge is 0.387 e. The van der Waals surface area contributed by atoms with Crippen LogP contribution in [0.3, 0.4) is 0 Å². The third-order valence-electron chi connectivity index (χ3n) is 3.33. The first-order valence-electron chi connectivity index (χ1n) is 7.37. The Morgan fingerprint density at radius 1 is 1.20 bits per heavy atom. The zero-order valence-electron chi connectivity index (χ0n) is 13.5. The second kappa shape index (κ2) is 10.1. The molecule has 0 saturated carbocycles. The van der Waals surface area contributed by atoms with Gasteiger partial charge in [-0.3, -0.25) is 0 Å². The lowest BCUT2D eigenvalue weighted by Gasteiger charge is -2.11. The highest BCUT2D eigenvalue weighted by Gasteiger charge is 2.13. The van der Waals surface area contributed by atoms with Gasteiger partial charge >= 0.3 is 6.61 Å². The fourth-order valence-corrected chi connectivity index (χ4v) is 2.07. The summed E-state index contributed by atoms with van der Waals surface area (Å²) in [5.74, 6) is -0.892. The van der Waals surface area contributed by atoms with Gasteiger partial charge in [0.1, 0.15) is 11.6 Å². The van der Waals surface area contributed by atoms with Crippen molar-refractivity contribution in [2.24, 2.45) is 10.7 Å². The van der Waals surface area contributed by atoms with Crippen LogP contribution in [-0.4, -0.2) is 12.6 Å². The summed E-state index contributed by atoms with van der Waals surface area (Å²) < 4.78 is 42.8. The summed E-state index contributed by atoms with van der Waals surface area (Å²) in [6.07, 6.45) is 0.921. The Bertz CT molecular complexity index is 709. The number of alkyl halides is 2. The van der Waals surface area contributed by atoms with Crippen LogP contribution >= 0.6 is 24.0 Å². The number of aryl methyl sites for hydroxylation is 1. The van der Waals surface area contributed by atoms with E-state index in [4.69, 9.17) is 5.73 Å². The minimum absolute atomic E-state index is 0. The van der Waals surface area contributed by atoms with Crippen LogP contribution in [-0.2, 0) is 13.0 Å². The molecule has 0 aliphatic rings. The molecule has 0 saturated heterocycles. The van der Waals surface area contributed by atoms with E-state index in [-0.39, 0.29) is 47.8 Å². The average Bonchev–Trinajstić information content (AvgIpc) is 2.54. The van der Waals surface area contributed by atoms with Gasteiger partial charge in [0.05, 0.1) is 12.1 Å². The number of guanidine groups is 1. The Morgan fingerprint density at radius 3 is 2.48 bits per heavy atom.